The summed E-state index contributed by atoms with van der Waals surface area (Å²) >= 11 is 5.14. The molecule has 0 bridgehead atoms. The number of nitrogens with zero attached hydrogens (tertiary/aromatic N) is 1. The number of unbranched alkanes of at least 4 members (excludes halogenated alkanes) is 2. The van der Waals surface area contributed by atoms with Gasteiger partial charge in [-0.1, -0.05) is 33.6 Å². The number of sulfonamides is 1. The quantitative estimate of drug-likeness (QED) is 0.425. The zero-order valence-corrected chi connectivity index (χ0v) is 18.1. The van der Waals surface area contributed by atoms with Gasteiger partial charge in [0.2, 0.25) is 15.9 Å². The third kappa shape index (κ3) is 7.94. The Labute approximate surface area is 168 Å². The first-order valence-electron chi connectivity index (χ1n) is 9.56. The van der Waals surface area contributed by atoms with Gasteiger partial charge in [0.25, 0.3) is 0 Å². The predicted molar refractivity (Wildman–Crippen MR) is 114 cm³/mol. The van der Waals surface area contributed by atoms with E-state index in [1.54, 1.807) is 24.3 Å². The lowest BCUT2D eigenvalue weighted by Crippen LogP contribution is -2.34. The molecule has 0 spiro atoms. The maximum atomic E-state index is 12.7. The van der Waals surface area contributed by atoms with E-state index in [4.69, 9.17) is 12.2 Å². The maximum absolute atomic E-state index is 12.7. The average molecular weight is 414 g/mol. The van der Waals surface area contributed by atoms with Gasteiger partial charge in [0.1, 0.15) is 0 Å². The molecular weight excluding hydrogens is 382 g/mol. The predicted octanol–water partition coefficient (Wildman–Crippen LogP) is 3.89. The Morgan fingerprint density at radius 2 is 1.59 bits per heavy atom. The SMILES string of the molecule is CCCCCC(=O)NC(=S)Nc1ccc(S(=O)(=O)N(CCC)CCC)cc1. The Morgan fingerprint density at radius 3 is 2.11 bits per heavy atom. The molecule has 0 radical (unpaired) electrons. The highest BCUT2D eigenvalue weighted by Gasteiger charge is 2.22. The Kier molecular flexibility index (Phi) is 10.5. The second kappa shape index (κ2) is 12.0. The average Bonchev–Trinajstić information content (AvgIpc) is 2.62. The second-order valence-electron chi connectivity index (χ2n) is 6.39. The first-order chi connectivity index (χ1) is 12.8. The first-order valence-corrected chi connectivity index (χ1v) is 11.4. The van der Waals surface area contributed by atoms with Gasteiger partial charge in [-0.25, -0.2) is 8.42 Å². The van der Waals surface area contributed by atoms with Crippen LogP contribution in [0.4, 0.5) is 5.69 Å². The fourth-order valence-electron chi connectivity index (χ4n) is 2.60. The minimum absolute atomic E-state index is 0.116. The summed E-state index contributed by atoms with van der Waals surface area (Å²) in [6.07, 6.45) is 4.88. The molecule has 152 valence electrons. The number of hydrogen-bond acceptors (Lipinski definition) is 4. The molecule has 0 saturated heterocycles. The number of hydrogen-bond donors (Lipinski definition) is 2. The molecule has 0 aliphatic carbocycles. The van der Waals surface area contributed by atoms with Crippen LogP contribution in [0.1, 0.15) is 59.3 Å². The molecule has 0 atom stereocenters. The number of amides is 1. The van der Waals surface area contributed by atoms with E-state index in [0.29, 0.717) is 25.2 Å². The fraction of sp³-hybridized carbons (Fsp3) is 0.579. The molecule has 0 aliphatic rings. The highest BCUT2D eigenvalue weighted by atomic mass is 32.2. The van der Waals surface area contributed by atoms with Crippen molar-refractivity contribution in [2.75, 3.05) is 18.4 Å². The van der Waals surface area contributed by atoms with Crippen molar-refractivity contribution in [1.29, 1.82) is 0 Å². The summed E-state index contributed by atoms with van der Waals surface area (Å²) < 4.78 is 27.0. The second-order valence-corrected chi connectivity index (χ2v) is 8.73. The van der Waals surface area contributed by atoms with E-state index in [2.05, 4.69) is 17.6 Å². The van der Waals surface area contributed by atoms with E-state index in [1.165, 1.54) is 4.31 Å². The van der Waals surface area contributed by atoms with Crippen LogP contribution in [0.5, 0.6) is 0 Å². The minimum atomic E-state index is -3.50. The van der Waals surface area contributed by atoms with E-state index in [1.807, 2.05) is 13.8 Å². The summed E-state index contributed by atoms with van der Waals surface area (Å²) in [6, 6.07) is 6.42. The molecule has 0 unspecified atom stereocenters. The van der Waals surface area contributed by atoms with Gasteiger partial charge in [0, 0.05) is 25.2 Å². The zero-order valence-electron chi connectivity index (χ0n) is 16.5. The van der Waals surface area contributed by atoms with Crippen molar-refractivity contribution in [1.82, 2.24) is 9.62 Å². The fourth-order valence-corrected chi connectivity index (χ4v) is 4.45. The number of anilines is 1. The topological polar surface area (TPSA) is 78.5 Å². The smallest absolute Gasteiger partial charge is 0.243 e. The summed E-state index contributed by atoms with van der Waals surface area (Å²) in [5.41, 5.74) is 0.630. The molecule has 0 aromatic heterocycles. The van der Waals surface area contributed by atoms with Crippen LogP contribution in [0.15, 0.2) is 29.2 Å². The standard InChI is InChI=1S/C19H31N3O3S2/c1-4-7-8-9-18(23)21-19(26)20-16-10-12-17(13-11-16)27(24,25)22(14-5-2)15-6-3/h10-13H,4-9,14-15H2,1-3H3,(H2,20,21,23,26). The molecule has 1 aromatic rings. The number of benzene rings is 1. The van der Waals surface area contributed by atoms with Gasteiger partial charge in [0.15, 0.2) is 5.11 Å². The third-order valence-electron chi connectivity index (χ3n) is 3.96. The van der Waals surface area contributed by atoms with E-state index in [9.17, 15) is 13.2 Å². The van der Waals surface area contributed by atoms with Crippen LogP contribution < -0.4 is 10.6 Å². The van der Waals surface area contributed by atoms with E-state index < -0.39 is 10.0 Å². The van der Waals surface area contributed by atoms with Gasteiger partial charge in [-0.15, -0.1) is 0 Å². The molecule has 6 nitrogen and oxygen atoms in total. The molecule has 0 heterocycles. The molecule has 27 heavy (non-hydrogen) atoms. The zero-order chi connectivity index (χ0) is 20.3. The van der Waals surface area contributed by atoms with Crippen LogP contribution in [0.25, 0.3) is 0 Å². The summed E-state index contributed by atoms with van der Waals surface area (Å²) in [5, 5.41) is 5.76. The molecule has 1 rings (SSSR count). The van der Waals surface area contributed by atoms with Gasteiger partial charge < -0.3 is 10.6 Å². The maximum Gasteiger partial charge on any atom is 0.243 e. The monoisotopic (exact) mass is 413 g/mol. The molecular formula is C19H31N3O3S2. The van der Waals surface area contributed by atoms with Gasteiger partial charge in [-0.2, -0.15) is 4.31 Å². The Hall–Kier alpha value is -1.51. The molecule has 0 saturated carbocycles. The number of carbonyl (C=O) groups is 1. The van der Waals surface area contributed by atoms with Gasteiger partial charge >= 0.3 is 0 Å². The molecule has 0 fully saturated rings. The number of thiocarbonyl (C=S) groups is 1. The molecule has 1 aromatic carbocycles. The summed E-state index contributed by atoms with van der Waals surface area (Å²) in [4.78, 5) is 12.0. The summed E-state index contributed by atoms with van der Waals surface area (Å²) in [7, 11) is -3.50. The van der Waals surface area contributed by atoms with Crippen molar-refractivity contribution < 1.29 is 13.2 Å². The molecule has 1 amide bonds. The number of carbonyl (C=O) groups excluding carboxylic acids is 1. The molecule has 0 aliphatic heterocycles. The highest BCUT2D eigenvalue weighted by molar-refractivity contribution is 7.89. The number of nitrogens with one attached hydrogen (secondary N) is 2. The summed E-state index contributed by atoms with van der Waals surface area (Å²) in [5.74, 6) is -0.116. The Balaban J connectivity index is 2.70. The van der Waals surface area contributed by atoms with Crippen LogP contribution in [-0.2, 0) is 14.8 Å². The third-order valence-corrected chi connectivity index (χ3v) is 6.07. The largest absolute Gasteiger partial charge is 0.332 e. The van der Waals surface area contributed by atoms with E-state index in [-0.39, 0.29) is 15.9 Å². The normalized spacial score (nSPS) is 11.4. The van der Waals surface area contributed by atoms with Crippen molar-refractivity contribution in [3.8, 4) is 0 Å². The van der Waals surface area contributed by atoms with Crippen molar-refractivity contribution in [3.05, 3.63) is 24.3 Å². The summed E-state index contributed by atoms with van der Waals surface area (Å²) in [6.45, 7) is 7.01. The van der Waals surface area contributed by atoms with Gasteiger partial charge in [-0.3, -0.25) is 4.79 Å². The lowest BCUT2D eigenvalue weighted by molar-refractivity contribution is -0.119. The van der Waals surface area contributed by atoms with Crippen molar-refractivity contribution in [2.45, 2.75) is 64.2 Å². The van der Waals surface area contributed by atoms with Crippen LogP contribution in [0.3, 0.4) is 0 Å². The van der Waals surface area contributed by atoms with Crippen molar-refractivity contribution >= 4 is 38.9 Å². The lowest BCUT2D eigenvalue weighted by atomic mass is 10.2. The Bertz CT molecular complexity index is 697. The van der Waals surface area contributed by atoms with Crippen molar-refractivity contribution in [3.63, 3.8) is 0 Å². The van der Waals surface area contributed by atoms with Crippen LogP contribution in [0.2, 0.25) is 0 Å². The van der Waals surface area contributed by atoms with Crippen LogP contribution in [-0.4, -0.2) is 36.8 Å². The minimum Gasteiger partial charge on any atom is -0.332 e. The Morgan fingerprint density at radius 1 is 1.00 bits per heavy atom. The van der Waals surface area contributed by atoms with Gasteiger partial charge in [0.05, 0.1) is 4.90 Å². The van der Waals surface area contributed by atoms with Crippen LogP contribution in [0, 0.1) is 0 Å². The van der Waals surface area contributed by atoms with Gasteiger partial charge in [-0.05, 0) is 55.7 Å². The first kappa shape index (κ1) is 23.5. The molecule has 2 N–H and O–H groups in total. The van der Waals surface area contributed by atoms with Crippen LogP contribution >= 0.6 is 12.2 Å². The number of rotatable bonds is 11. The van der Waals surface area contributed by atoms with Crippen molar-refractivity contribution in [2.24, 2.45) is 0 Å². The van der Waals surface area contributed by atoms with E-state index >= 15 is 0 Å². The van der Waals surface area contributed by atoms with E-state index in [0.717, 1.165) is 32.1 Å². The molecule has 8 heteroatoms. The lowest BCUT2D eigenvalue weighted by Gasteiger charge is -2.21. The highest BCUT2D eigenvalue weighted by Crippen LogP contribution is 2.19.